The monoisotopic (exact) mass is 983 g/mol. The zero-order valence-corrected chi connectivity index (χ0v) is 37.1. The normalized spacial score (nSPS) is 12.1. The minimum absolute atomic E-state index is 0. The number of benzene rings is 7. The number of imidazole rings is 1. The van der Waals surface area contributed by atoms with Gasteiger partial charge in [0.1, 0.15) is 5.82 Å². The number of hydrogen-bond acceptors (Lipinski definition) is 2. The Balaban J connectivity index is 0.00000432. The van der Waals surface area contributed by atoms with Crippen molar-refractivity contribution in [1.29, 1.82) is 0 Å². The molecule has 304 valence electrons. The maximum absolute atomic E-state index is 6.72. The molecule has 0 fully saturated rings. The van der Waals surface area contributed by atoms with Crippen molar-refractivity contribution in [3.8, 4) is 28.7 Å². The van der Waals surface area contributed by atoms with E-state index in [-0.39, 0.29) is 26.5 Å². The van der Waals surface area contributed by atoms with Crippen molar-refractivity contribution < 1.29 is 30.4 Å². The molecule has 0 saturated carbocycles. The molecule has 0 aliphatic carbocycles. The van der Waals surface area contributed by atoms with Crippen molar-refractivity contribution in [3.05, 3.63) is 176 Å². The van der Waals surface area contributed by atoms with E-state index in [0.29, 0.717) is 11.5 Å². The molecular formula is C54H40N6OPt-2. The molecule has 0 bridgehead atoms. The van der Waals surface area contributed by atoms with Crippen molar-refractivity contribution in [2.45, 2.75) is 26.2 Å². The molecule has 0 spiro atoms. The van der Waals surface area contributed by atoms with Crippen LogP contribution in [0.4, 0.5) is 0 Å². The van der Waals surface area contributed by atoms with E-state index in [2.05, 4.69) is 169 Å². The summed E-state index contributed by atoms with van der Waals surface area (Å²) in [4.78, 5) is 5.14. The largest absolute Gasteiger partial charge is 0.510 e. The first kappa shape index (κ1) is 38.0. The predicted molar refractivity (Wildman–Crippen MR) is 247 cm³/mol. The van der Waals surface area contributed by atoms with Gasteiger partial charge in [0.2, 0.25) is 6.33 Å². The van der Waals surface area contributed by atoms with Crippen LogP contribution in [0.15, 0.2) is 152 Å². The van der Waals surface area contributed by atoms with E-state index in [4.69, 9.17) is 9.72 Å². The number of pyridine rings is 1. The van der Waals surface area contributed by atoms with Gasteiger partial charge in [-0.15, -0.1) is 29.7 Å². The topological polar surface area (TPSA) is 45.7 Å². The van der Waals surface area contributed by atoms with E-state index in [1.807, 2.05) is 58.8 Å². The van der Waals surface area contributed by atoms with Crippen LogP contribution in [0, 0.1) is 18.5 Å². The molecule has 0 unspecified atom stereocenters. The third-order valence-corrected chi connectivity index (χ3v) is 12.3. The van der Waals surface area contributed by atoms with Crippen LogP contribution in [0.5, 0.6) is 11.5 Å². The molecule has 0 saturated heterocycles. The predicted octanol–water partition coefficient (Wildman–Crippen LogP) is 12.2. The van der Waals surface area contributed by atoms with Crippen molar-refractivity contribution in [2.24, 2.45) is 14.1 Å². The van der Waals surface area contributed by atoms with Crippen molar-refractivity contribution >= 4 is 76.5 Å². The smallest absolute Gasteiger partial charge is 0.242 e. The number of hydrogen-bond donors (Lipinski definition) is 0. The van der Waals surface area contributed by atoms with Crippen LogP contribution in [0.25, 0.3) is 93.6 Å². The summed E-state index contributed by atoms with van der Waals surface area (Å²) < 4.78 is 17.9. The third-order valence-electron chi connectivity index (χ3n) is 12.3. The molecule has 0 aliphatic heterocycles. The number of nitrogens with zero attached hydrogens (tertiary/aromatic N) is 6. The van der Waals surface area contributed by atoms with E-state index in [9.17, 15) is 0 Å². The van der Waals surface area contributed by atoms with Gasteiger partial charge in [0.25, 0.3) is 0 Å². The van der Waals surface area contributed by atoms with Gasteiger partial charge in [0.05, 0.1) is 40.1 Å². The Morgan fingerprint density at radius 2 is 1.26 bits per heavy atom. The molecule has 12 rings (SSSR count). The fourth-order valence-electron chi connectivity index (χ4n) is 9.57. The second-order valence-corrected chi connectivity index (χ2v) is 17.0. The molecule has 0 aliphatic rings. The molecule has 0 atom stereocenters. The van der Waals surface area contributed by atoms with E-state index in [1.54, 1.807) is 0 Å². The van der Waals surface area contributed by atoms with Crippen LogP contribution in [-0.2, 0) is 40.6 Å². The summed E-state index contributed by atoms with van der Waals surface area (Å²) in [7, 11) is 4.20. The van der Waals surface area contributed by atoms with Gasteiger partial charge in [-0.25, -0.2) is 4.98 Å². The summed E-state index contributed by atoms with van der Waals surface area (Å²) in [5.41, 5.74) is 11.8. The molecule has 0 amide bonds. The van der Waals surface area contributed by atoms with E-state index < -0.39 is 0 Å². The molecule has 0 radical (unpaired) electrons. The van der Waals surface area contributed by atoms with Gasteiger partial charge in [-0.1, -0.05) is 111 Å². The maximum Gasteiger partial charge on any atom is 0.242 e. The number of fused-ring (bicyclic) bond motifs is 13. The van der Waals surface area contributed by atoms with Gasteiger partial charge in [-0.05, 0) is 52.8 Å². The summed E-state index contributed by atoms with van der Waals surface area (Å²) in [6.45, 7) is 6.75. The van der Waals surface area contributed by atoms with Gasteiger partial charge in [0, 0.05) is 78.6 Å². The molecule has 62 heavy (non-hydrogen) atoms. The van der Waals surface area contributed by atoms with Crippen LogP contribution < -0.4 is 9.30 Å². The van der Waals surface area contributed by atoms with E-state index in [1.165, 1.54) is 32.6 Å². The molecule has 7 aromatic carbocycles. The van der Waals surface area contributed by atoms with E-state index >= 15 is 0 Å². The maximum atomic E-state index is 6.72. The Morgan fingerprint density at radius 3 is 2.05 bits per heavy atom. The summed E-state index contributed by atoms with van der Waals surface area (Å²) in [5.74, 6) is 2.00. The SMILES string of the molecule is Cn1[c-][n+](-c2[c-]c(Oc3[c-]c4c(cc3)c3c5c6ccccc6n(-c6ccccc6)c5c5c6ccccc6n(C)c5c3n4-c3cc(C(C)(C)C)ccn3)ccc2)c2ccccc21.[Pt]. The number of ether oxygens (including phenoxy) is 1. The van der Waals surface area contributed by atoms with Crippen LogP contribution in [-0.4, -0.2) is 23.3 Å². The summed E-state index contributed by atoms with van der Waals surface area (Å²) in [6, 6.07) is 58.5. The first-order valence-corrected chi connectivity index (χ1v) is 20.7. The summed E-state index contributed by atoms with van der Waals surface area (Å²) in [6.07, 6.45) is 5.37. The van der Waals surface area contributed by atoms with Gasteiger partial charge in [-0.2, -0.15) is 18.2 Å². The zero-order valence-electron chi connectivity index (χ0n) is 34.8. The second kappa shape index (κ2) is 14.0. The fourth-order valence-corrected chi connectivity index (χ4v) is 9.57. The van der Waals surface area contributed by atoms with Crippen molar-refractivity contribution in [3.63, 3.8) is 0 Å². The fraction of sp³-hybridized carbons (Fsp3) is 0.111. The number of aromatic nitrogens is 6. The van der Waals surface area contributed by atoms with Gasteiger partial charge >= 0.3 is 0 Å². The van der Waals surface area contributed by atoms with Crippen LogP contribution in [0.3, 0.4) is 0 Å². The molecule has 12 aromatic rings. The Hall–Kier alpha value is -6.95. The van der Waals surface area contributed by atoms with Crippen molar-refractivity contribution in [2.75, 3.05) is 0 Å². The Morgan fingerprint density at radius 1 is 0.581 bits per heavy atom. The average Bonchev–Trinajstić information content (AvgIpc) is 4.00. The van der Waals surface area contributed by atoms with E-state index in [0.717, 1.165) is 66.6 Å². The molecule has 5 heterocycles. The van der Waals surface area contributed by atoms with Crippen molar-refractivity contribution in [1.82, 2.24) is 23.3 Å². The summed E-state index contributed by atoms with van der Waals surface area (Å²) in [5, 5.41) is 6.99. The molecule has 8 heteroatoms. The van der Waals surface area contributed by atoms with Crippen LogP contribution >= 0.6 is 0 Å². The quantitative estimate of drug-likeness (QED) is 0.127. The Labute approximate surface area is 372 Å². The minimum atomic E-state index is -0.0971. The average molecular weight is 984 g/mol. The Kier molecular flexibility index (Phi) is 8.61. The standard InChI is InChI=1S/C54H40N6O.Pt/c1-54(2,3)34-28-29-55-47(30-34)60-46-32-38(61-37-19-15-18-36(31-37)58-33-56(4)44-24-13-14-25-45(44)58)26-27-41(46)49-48-40-21-10-12-23-43(40)59(35-16-7-6-8-17-35)51(48)50-39-20-9-11-22-42(39)57(5)52(50)53(49)60;/h6-30H,1-5H3;/q-2;. The van der Waals surface area contributed by atoms with Gasteiger partial charge < -0.3 is 27.6 Å². The second-order valence-electron chi connectivity index (χ2n) is 17.0. The minimum Gasteiger partial charge on any atom is -0.510 e. The Bertz CT molecular complexity index is 3750. The molecule has 0 N–H and O–H groups in total. The number of para-hydroxylation sites is 5. The number of rotatable bonds is 5. The molecule has 7 nitrogen and oxygen atoms in total. The zero-order chi connectivity index (χ0) is 41.1. The first-order valence-electron chi connectivity index (χ1n) is 20.7. The van der Waals surface area contributed by atoms with Crippen LogP contribution in [0.2, 0.25) is 0 Å². The summed E-state index contributed by atoms with van der Waals surface area (Å²) >= 11 is 0. The van der Waals surface area contributed by atoms with Gasteiger partial charge in [0.15, 0.2) is 0 Å². The third kappa shape index (κ3) is 5.54. The van der Waals surface area contributed by atoms with Crippen LogP contribution in [0.1, 0.15) is 26.3 Å². The molecular weight excluding hydrogens is 944 g/mol. The molecule has 5 aromatic heterocycles. The first-order chi connectivity index (χ1) is 29.7. The van der Waals surface area contributed by atoms with Gasteiger partial charge in [-0.3, -0.25) is 0 Å². The number of aryl methyl sites for hydroxylation is 2.